The van der Waals surface area contributed by atoms with Crippen LogP contribution in [0.2, 0.25) is 0 Å². The Labute approximate surface area is 240 Å². The molecule has 0 bridgehead atoms. The number of imidazole rings is 1. The minimum absolute atomic E-state index is 0.00328. The van der Waals surface area contributed by atoms with Crippen LogP contribution in [0.1, 0.15) is 25.5 Å². The van der Waals surface area contributed by atoms with Gasteiger partial charge in [-0.1, -0.05) is 0 Å². The highest BCUT2D eigenvalue weighted by Crippen LogP contribution is 2.52. The van der Waals surface area contributed by atoms with Crippen molar-refractivity contribution in [2.45, 2.75) is 66.3 Å². The number of nitrogens with one attached hydrogen (secondary N) is 1. The standard InChI is InChI=1S/C22H27ClN6O13/c1-39-22(40-2)13(23)17(28-18(22)36)41-8(3-9(30)31)14-20(37,4-10(32)33)21(38,5-11(34)35)19(42-14)29-7-27-12-15(24)25-6-26-16(12)29/h6-8,13-14,17,19,37-38H,3-5H2,1-2H3,(H,28,36)(H,30,31)(H,32,33)(H,34,35)(H2,24,25,26)/t8?,13?,14-,17?,19-,20-,21+/m1/s1. The summed E-state index contributed by atoms with van der Waals surface area (Å²) in [4.78, 5) is 60.3. The van der Waals surface area contributed by atoms with Crippen molar-refractivity contribution in [1.29, 1.82) is 0 Å². The van der Waals surface area contributed by atoms with E-state index in [9.17, 15) is 44.7 Å². The summed E-state index contributed by atoms with van der Waals surface area (Å²) in [5.74, 6) is -8.02. The van der Waals surface area contributed by atoms with Crippen molar-refractivity contribution in [3.8, 4) is 0 Å². The molecule has 2 fully saturated rings. The maximum atomic E-state index is 12.6. The minimum Gasteiger partial charge on any atom is -0.481 e. The Morgan fingerprint density at radius 3 is 2.26 bits per heavy atom. The molecule has 2 aromatic heterocycles. The van der Waals surface area contributed by atoms with E-state index in [1.165, 1.54) is 0 Å². The summed E-state index contributed by atoms with van der Waals surface area (Å²) in [5, 5.41) is 53.7. The molecule has 2 aliphatic rings. The summed E-state index contributed by atoms with van der Waals surface area (Å²) in [6.07, 6.45) is -9.04. The number of carboxylic acids is 3. The number of nitrogen functional groups attached to an aromatic ring is 1. The molecule has 0 spiro atoms. The molecule has 42 heavy (non-hydrogen) atoms. The second-order valence-electron chi connectivity index (χ2n) is 9.63. The fourth-order valence-electron chi connectivity index (χ4n) is 5.32. The molecular formula is C22H27ClN6O13. The average molecular weight is 619 g/mol. The lowest BCUT2D eigenvalue weighted by atomic mass is 9.73. The number of alkyl halides is 1. The number of carbonyl (C=O) groups excluding carboxylic acids is 1. The molecule has 2 aromatic rings. The van der Waals surface area contributed by atoms with E-state index in [0.717, 1.165) is 31.4 Å². The van der Waals surface area contributed by atoms with E-state index >= 15 is 0 Å². The van der Waals surface area contributed by atoms with Crippen LogP contribution in [0.25, 0.3) is 11.2 Å². The Bertz CT molecular complexity index is 1400. The Morgan fingerprint density at radius 2 is 1.71 bits per heavy atom. The lowest BCUT2D eigenvalue weighted by molar-refractivity contribution is -0.209. The molecule has 0 aliphatic carbocycles. The number of hydrogen-bond acceptors (Lipinski definition) is 14. The molecule has 0 aromatic carbocycles. The fourth-order valence-corrected chi connectivity index (χ4v) is 5.72. The number of carbonyl (C=O) groups is 4. The van der Waals surface area contributed by atoms with E-state index in [-0.39, 0.29) is 17.0 Å². The molecule has 1 amide bonds. The Balaban J connectivity index is 1.86. The highest BCUT2D eigenvalue weighted by atomic mass is 35.5. The van der Waals surface area contributed by atoms with Crippen molar-refractivity contribution < 1.29 is 63.7 Å². The van der Waals surface area contributed by atoms with Gasteiger partial charge in [-0.2, -0.15) is 0 Å². The van der Waals surface area contributed by atoms with Gasteiger partial charge in [0.05, 0.1) is 31.7 Å². The first-order chi connectivity index (χ1) is 19.6. The molecule has 2 aliphatic heterocycles. The smallest absolute Gasteiger partial charge is 0.306 e. The number of ether oxygens (including phenoxy) is 4. The highest BCUT2D eigenvalue weighted by molar-refractivity contribution is 6.24. The third-order valence-corrected chi connectivity index (χ3v) is 7.76. The van der Waals surface area contributed by atoms with Crippen molar-refractivity contribution in [2.24, 2.45) is 0 Å². The average Bonchev–Trinajstić information content (AvgIpc) is 3.48. The lowest BCUT2D eigenvalue weighted by Crippen LogP contribution is -2.62. The molecule has 8 N–H and O–H groups in total. The molecule has 7 atom stereocenters. The number of aliphatic hydroxyl groups is 2. The first-order valence-electron chi connectivity index (χ1n) is 12.0. The molecule has 19 nitrogen and oxygen atoms in total. The minimum atomic E-state index is -3.04. The molecule has 0 radical (unpaired) electrons. The zero-order valence-electron chi connectivity index (χ0n) is 21.9. The van der Waals surface area contributed by atoms with E-state index in [2.05, 4.69) is 20.3 Å². The van der Waals surface area contributed by atoms with Gasteiger partial charge in [-0.25, -0.2) is 15.0 Å². The number of anilines is 1. The first kappa shape index (κ1) is 31.2. The second kappa shape index (κ2) is 11.2. The van der Waals surface area contributed by atoms with Gasteiger partial charge >= 0.3 is 17.9 Å². The Hall–Kier alpha value is -3.72. The van der Waals surface area contributed by atoms with Crippen LogP contribution < -0.4 is 11.1 Å². The van der Waals surface area contributed by atoms with Gasteiger partial charge in [-0.3, -0.25) is 23.7 Å². The van der Waals surface area contributed by atoms with E-state index < -0.39 is 90.1 Å². The lowest BCUT2D eigenvalue weighted by Gasteiger charge is -2.41. The largest absolute Gasteiger partial charge is 0.481 e. The van der Waals surface area contributed by atoms with Crippen LogP contribution in [0.15, 0.2) is 12.7 Å². The van der Waals surface area contributed by atoms with Crippen molar-refractivity contribution >= 4 is 52.4 Å². The van der Waals surface area contributed by atoms with Gasteiger partial charge in [0.25, 0.3) is 11.7 Å². The summed E-state index contributed by atoms with van der Waals surface area (Å²) in [6, 6.07) is 0. The second-order valence-corrected chi connectivity index (χ2v) is 10.1. The van der Waals surface area contributed by atoms with Gasteiger partial charge in [0.15, 0.2) is 29.5 Å². The van der Waals surface area contributed by atoms with Crippen LogP contribution in [0.5, 0.6) is 0 Å². The molecule has 4 heterocycles. The van der Waals surface area contributed by atoms with Gasteiger partial charge in [-0.05, 0) is 0 Å². The first-order valence-corrected chi connectivity index (χ1v) is 12.5. The van der Waals surface area contributed by atoms with Crippen molar-refractivity contribution in [2.75, 3.05) is 20.0 Å². The normalized spacial score (nSPS) is 31.2. The fraction of sp³-hybridized carbons (Fsp3) is 0.591. The number of nitrogens with two attached hydrogens (primary N) is 1. The summed E-state index contributed by atoms with van der Waals surface area (Å²) < 4.78 is 22.9. The topological polar surface area (TPSA) is 288 Å². The monoisotopic (exact) mass is 618 g/mol. The third kappa shape index (κ3) is 4.87. The van der Waals surface area contributed by atoms with Crippen molar-refractivity contribution in [3.05, 3.63) is 12.7 Å². The van der Waals surface area contributed by atoms with E-state index in [1.54, 1.807) is 0 Å². The van der Waals surface area contributed by atoms with Crippen LogP contribution >= 0.6 is 11.6 Å². The molecule has 2 saturated heterocycles. The van der Waals surface area contributed by atoms with E-state index in [0.29, 0.717) is 0 Å². The van der Waals surface area contributed by atoms with Crippen LogP contribution in [-0.4, -0.2) is 124 Å². The summed E-state index contributed by atoms with van der Waals surface area (Å²) in [7, 11) is 2.23. The predicted octanol–water partition coefficient (Wildman–Crippen LogP) is -2.37. The molecule has 0 saturated carbocycles. The molecule has 3 unspecified atom stereocenters. The van der Waals surface area contributed by atoms with E-state index in [4.69, 9.17) is 36.3 Å². The summed E-state index contributed by atoms with van der Waals surface area (Å²) in [5.41, 5.74) is -0.294. The quantitative estimate of drug-likeness (QED) is 0.0965. The molecular weight excluding hydrogens is 592 g/mol. The Kier molecular flexibility index (Phi) is 8.30. The zero-order valence-corrected chi connectivity index (χ0v) is 22.7. The van der Waals surface area contributed by atoms with Gasteiger partial charge in [0.2, 0.25) is 0 Å². The SMILES string of the molecule is COC1(OC)C(=O)NC(OC(CC(=O)O)[C@H]2O[C@@H](n3cnc4c(N)ncnc43)[C@@](O)(CC(=O)O)[C@@]2(O)CC(=O)O)C1Cl. The number of halogens is 1. The number of aromatic nitrogens is 4. The highest BCUT2D eigenvalue weighted by Gasteiger charge is 2.70. The number of amides is 1. The van der Waals surface area contributed by atoms with Crippen molar-refractivity contribution in [3.63, 3.8) is 0 Å². The van der Waals surface area contributed by atoms with E-state index in [1.807, 2.05) is 0 Å². The van der Waals surface area contributed by atoms with Gasteiger partial charge in [0, 0.05) is 14.2 Å². The van der Waals surface area contributed by atoms with Gasteiger partial charge in [-0.15, -0.1) is 11.6 Å². The van der Waals surface area contributed by atoms with Crippen LogP contribution in [0.4, 0.5) is 5.82 Å². The number of methoxy groups -OCH3 is 2. The summed E-state index contributed by atoms with van der Waals surface area (Å²) in [6.45, 7) is 0. The number of fused-ring (bicyclic) bond motifs is 1. The van der Waals surface area contributed by atoms with Gasteiger partial charge < -0.3 is 55.5 Å². The number of rotatable bonds is 12. The predicted molar refractivity (Wildman–Crippen MR) is 133 cm³/mol. The van der Waals surface area contributed by atoms with Crippen LogP contribution in [0.3, 0.4) is 0 Å². The molecule has 230 valence electrons. The van der Waals surface area contributed by atoms with Crippen LogP contribution in [0, 0.1) is 0 Å². The number of carboxylic acid groups (broad SMARTS) is 3. The molecule has 4 rings (SSSR count). The zero-order chi connectivity index (χ0) is 31.2. The number of aliphatic carboxylic acids is 3. The van der Waals surface area contributed by atoms with Gasteiger partial charge in [0.1, 0.15) is 28.9 Å². The summed E-state index contributed by atoms with van der Waals surface area (Å²) >= 11 is 6.39. The molecule has 20 heteroatoms. The maximum Gasteiger partial charge on any atom is 0.306 e. The van der Waals surface area contributed by atoms with Crippen LogP contribution in [-0.2, 0) is 38.1 Å². The third-order valence-electron chi connectivity index (χ3n) is 7.25. The Morgan fingerprint density at radius 1 is 1.10 bits per heavy atom. The maximum absolute atomic E-state index is 12.6. The number of hydrogen-bond donors (Lipinski definition) is 7. The number of nitrogens with zero attached hydrogens (tertiary/aromatic N) is 4. The van der Waals surface area contributed by atoms with Crippen molar-refractivity contribution in [1.82, 2.24) is 24.8 Å².